The first kappa shape index (κ1) is 12.2. The number of hydrogen-bond acceptors (Lipinski definition) is 2. The van der Waals surface area contributed by atoms with Gasteiger partial charge in [0.1, 0.15) is 5.69 Å². The maximum atomic E-state index is 12.9. The lowest BCUT2D eigenvalue weighted by Gasteiger charge is -2.07. The Labute approximate surface area is 105 Å². The smallest absolute Gasteiger partial charge is 0.274 e. The van der Waals surface area contributed by atoms with Crippen molar-refractivity contribution in [3.63, 3.8) is 0 Å². The number of benzene rings is 1. The van der Waals surface area contributed by atoms with Crippen LogP contribution in [0.15, 0.2) is 36.4 Å². The van der Waals surface area contributed by atoms with Crippen LogP contribution in [0.3, 0.4) is 0 Å². The number of amides is 1. The Bertz CT molecular complexity index is 576. The molecule has 1 heterocycles. The second-order valence-corrected chi connectivity index (χ2v) is 4.18. The molecule has 0 bridgehead atoms. The Morgan fingerprint density at radius 3 is 2.44 bits per heavy atom. The number of rotatable bonds is 2. The van der Waals surface area contributed by atoms with Gasteiger partial charge in [0.2, 0.25) is 5.95 Å². The molecule has 2 aromatic rings. The van der Waals surface area contributed by atoms with E-state index in [0.29, 0.717) is 5.69 Å². The molecule has 0 saturated heterocycles. The van der Waals surface area contributed by atoms with Crippen molar-refractivity contribution in [3.8, 4) is 0 Å². The Balaban J connectivity index is 2.21. The zero-order chi connectivity index (χ0) is 13.1. The van der Waals surface area contributed by atoms with E-state index in [1.54, 1.807) is 0 Å². The number of halogens is 1. The molecule has 0 saturated carbocycles. The molecule has 0 spiro atoms. The predicted octanol–water partition coefficient (Wildman–Crippen LogP) is 3.09. The van der Waals surface area contributed by atoms with Crippen LogP contribution in [0.2, 0.25) is 0 Å². The minimum Gasteiger partial charge on any atom is -0.321 e. The van der Waals surface area contributed by atoms with Crippen LogP contribution >= 0.6 is 0 Å². The van der Waals surface area contributed by atoms with Gasteiger partial charge in [0.25, 0.3) is 5.91 Å². The van der Waals surface area contributed by atoms with Crippen LogP contribution in [-0.2, 0) is 0 Å². The first-order valence-corrected chi connectivity index (χ1v) is 5.57. The molecule has 0 fully saturated rings. The fraction of sp³-hybridized carbons (Fsp3) is 0.143. The molecule has 0 aliphatic rings. The van der Waals surface area contributed by atoms with Gasteiger partial charge >= 0.3 is 0 Å². The van der Waals surface area contributed by atoms with Crippen molar-refractivity contribution in [2.45, 2.75) is 13.8 Å². The van der Waals surface area contributed by atoms with E-state index in [1.165, 1.54) is 18.2 Å². The van der Waals surface area contributed by atoms with E-state index in [1.807, 2.05) is 32.0 Å². The SMILES string of the molecule is Cc1cc(C)cc(NC(=O)c2cccc(F)n2)c1. The first-order valence-electron chi connectivity index (χ1n) is 5.57. The van der Waals surface area contributed by atoms with E-state index in [9.17, 15) is 9.18 Å². The highest BCUT2D eigenvalue weighted by atomic mass is 19.1. The molecule has 0 radical (unpaired) electrons. The average molecular weight is 244 g/mol. The quantitative estimate of drug-likeness (QED) is 0.825. The van der Waals surface area contributed by atoms with Gasteiger partial charge in [-0.25, -0.2) is 4.98 Å². The fourth-order valence-electron chi connectivity index (χ4n) is 1.78. The lowest BCUT2D eigenvalue weighted by molar-refractivity contribution is 0.102. The molecule has 2 rings (SSSR count). The van der Waals surface area contributed by atoms with Crippen LogP contribution in [0.5, 0.6) is 0 Å². The highest BCUT2D eigenvalue weighted by Gasteiger charge is 2.08. The number of carbonyl (C=O) groups is 1. The summed E-state index contributed by atoms with van der Waals surface area (Å²) in [4.78, 5) is 15.4. The Morgan fingerprint density at radius 1 is 1.17 bits per heavy atom. The molecule has 1 amide bonds. The van der Waals surface area contributed by atoms with Gasteiger partial charge in [0.15, 0.2) is 0 Å². The van der Waals surface area contributed by atoms with Gasteiger partial charge in [-0.3, -0.25) is 4.79 Å². The minimum absolute atomic E-state index is 0.0640. The number of nitrogens with zero attached hydrogens (tertiary/aromatic N) is 1. The molecule has 0 atom stereocenters. The molecular formula is C14H13FN2O. The topological polar surface area (TPSA) is 42.0 Å². The average Bonchev–Trinajstić information content (AvgIpc) is 2.27. The molecule has 4 heteroatoms. The van der Waals surface area contributed by atoms with E-state index < -0.39 is 11.9 Å². The van der Waals surface area contributed by atoms with Gasteiger partial charge in [-0.05, 0) is 49.2 Å². The third-order valence-electron chi connectivity index (χ3n) is 2.43. The molecule has 0 aliphatic heterocycles. The van der Waals surface area contributed by atoms with Crippen LogP contribution in [0.25, 0.3) is 0 Å². The molecule has 92 valence electrons. The molecule has 1 N–H and O–H groups in total. The zero-order valence-electron chi connectivity index (χ0n) is 10.2. The Morgan fingerprint density at radius 2 is 1.83 bits per heavy atom. The number of nitrogens with one attached hydrogen (secondary N) is 1. The van der Waals surface area contributed by atoms with Crippen LogP contribution in [0, 0.1) is 19.8 Å². The largest absolute Gasteiger partial charge is 0.321 e. The van der Waals surface area contributed by atoms with Crippen molar-refractivity contribution >= 4 is 11.6 Å². The number of aromatic nitrogens is 1. The molecule has 0 aliphatic carbocycles. The van der Waals surface area contributed by atoms with Gasteiger partial charge in [0, 0.05) is 5.69 Å². The van der Waals surface area contributed by atoms with Crippen LogP contribution < -0.4 is 5.32 Å². The van der Waals surface area contributed by atoms with Crippen LogP contribution in [0.1, 0.15) is 21.6 Å². The summed E-state index contributed by atoms with van der Waals surface area (Å²) in [6.45, 7) is 3.90. The summed E-state index contributed by atoms with van der Waals surface area (Å²) >= 11 is 0. The number of anilines is 1. The van der Waals surface area contributed by atoms with E-state index in [4.69, 9.17) is 0 Å². The maximum Gasteiger partial charge on any atom is 0.274 e. The predicted molar refractivity (Wildman–Crippen MR) is 68.1 cm³/mol. The minimum atomic E-state index is -0.664. The summed E-state index contributed by atoms with van der Waals surface area (Å²) in [6, 6.07) is 9.85. The summed E-state index contributed by atoms with van der Waals surface area (Å²) in [6.07, 6.45) is 0. The molecule has 1 aromatic heterocycles. The lowest BCUT2D eigenvalue weighted by Crippen LogP contribution is -2.14. The Kier molecular flexibility index (Phi) is 3.37. The summed E-state index contributed by atoms with van der Waals surface area (Å²) < 4.78 is 12.9. The first-order chi connectivity index (χ1) is 8.54. The number of hydrogen-bond donors (Lipinski definition) is 1. The van der Waals surface area contributed by atoms with E-state index in [-0.39, 0.29) is 5.69 Å². The fourth-order valence-corrected chi connectivity index (χ4v) is 1.78. The second kappa shape index (κ2) is 4.96. The third-order valence-corrected chi connectivity index (χ3v) is 2.43. The molecular weight excluding hydrogens is 231 g/mol. The molecule has 1 aromatic carbocycles. The van der Waals surface area contributed by atoms with Gasteiger partial charge < -0.3 is 5.32 Å². The van der Waals surface area contributed by atoms with Gasteiger partial charge in [0.05, 0.1) is 0 Å². The van der Waals surface area contributed by atoms with Gasteiger partial charge in [-0.2, -0.15) is 4.39 Å². The molecule has 3 nitrogen and oxygen atoms in total. The molecule has 18 heavy (non-hydrogen) atoms. The molecule has 0 unspecified atom stereocenters. The van der Waals surface area contributed by atoms with Crippen molar-refractivity contribution < 1.29 is 9.18 Å². The summed E-state index contributed by atoms with van der Waals surface area (Å²) in [5.74, 6) is -1.08. The monoisotopic (exact) mass is 244 g/mol. The normalized spacial score (nSPS) is 10.2. The van der Waals surface area contributed by atoms with Gasteiger partial charge in [-0.1, -0.05) is 12.1 Å². The Hall–Kier alpha value is -2.23. The number of aryl methyl sites for hydroxylation is 2. The number of carbonyl (C=O) groups excluding carboxylic acids is 1. The highest BCUT2D eigenvalue weighted by molar-refractivity contribution is 6.02. The van der Waals surface area contributed by atoms with E-state index >= 15 is 0 Å². The maximum absolute atomic E-state index is 12.9. The van der Waals surface area contributed by atoms with Crippen molar-refractivity contribution in [2.75, 3.05) is 5.32 Å². The van der Waals surface area contributed by atoms with Crippen LogP contribution in [-0.4, -0.2) is 10.9 Å². The van der Waals surface area contributed by atoms with Crippen molar-refractivity contribution in [3.05, 3.63) is 59.2 Å². The second-order valence-electron chi connectivity index (χ2n) is 4.18. The summed E-state index contributed by atoms with van der Waals surface area (Å²) in [5.41, 5.74) is 2.85. The van der Waals surface area contributed by atoms with E-state index in [2.05, 4.69) is 10.3 Å². The number of pyridine rings is 1. The van der Waals surface area contributed by atoms with Crippen molar-refractivity contribution in [1.82, 2.24) is 4.98 Å². The van der Waals surface area contributed by atoms with Crippen molar-refractivity contribution in [2.24, 2.45) is 0 Å². The van der Waals surface area contributed by atoms with Gasteiger partial charge in [-0.15, -0.1) is 0 Å². The zero-order valence-corrected chi connectivity index (χ0v) is 10.2. The van der Waals surface area contributed by atoms with Crippen molar-refractivity contribution in [1.29, 1.82) is 0 Å². The third kappa shape index (κ3) is 2.91. The summed E-state index contributed by atoms with van der Waals surface area (Å²) in [5, 5.41) is 2.70. The lowest BCUT2D eigenvalue weighted by atomic mass is 10.1. The highest BCUT2D eigenvalue weighted by Crippen LogP contribution is 2.14. The summed E-state index contributed by atoms with van der Waals surface area (Å²) in [7, 11) is 0. The van der Waals surface area contributed by atoms with E-state index in [0.717, 1.165) is 11.1 Å². The standard InChI is InChI=1S/C14H13FN2O/c1-9-6-10(2)8-11(7-9)16-14(18)12-4-3-5-13(15)17-12/h3-8H,1-2H3,(H,16,18). The van der Waals surface area contributed by atoms with Crippen LogP contribution in [0.4, 0.5) is 10.1 Å².